The second-order valence-corrected chi connectivity index (χ2v) is 20.1. The van der Waals surface area contributed by atoms with Gasteiger partial charge in [-0.15, -0.1) is 0 Å². The van der Waals surface area contributed by atoms with E-state index in [1.807, 2.05) is 0 Å². The van der Waals surface area contributed by atoms with E-state index in [1.165, 1.54) is 133 Å². The molecule has 0 atom stereocenters. The molecule has 0 fully saturated rings. The number of para-hydroxylation sites is 7. The Labute approximate surface area is 408 Å². The summed E-state index contributed by atoms with van der Waals surface area (Å²) in [4.78, 5) is 7.80. The number of nitrogens with zero attached hydrogens (tertiary/aromatic N) is 4. The van der Waals surface area contributed by atoms with Crippen LogP contribution in [-0.2, 0) is 0 Å². The Bertz CT molecular complexity index is 4080. The number of benzene rings is 10. The smallest absolute Gasteiger partial charge is 0.252 e. The highest BCUT2D eigenvalue weighted by molar-refractivity contribution is 7.05. The third-order valence-electron chi connectivity index (χ3n) is 16.5. The molecule has 0 spiro atoms. The van der Waals surface area contributed by atoms with E-state index in [9.17, 15) is 0 Å². The number of anilines is 9. The third kappa shape index (κ3) is 4.84. The van der Waals surface area contributed by atoms with Gasteiger partial charge in [0.1, 0.15) is 0 Å². The van der Waals surface area contributed by atoms with Crippen molar-refractivity contribution in [1.82, 2.24) is 4.57 Å². The maximum Gasteiger partial charge on any atom is 0.252 e. The highest BCUT2D eigenvalue weighted by Gasteiger charge is 2.52. The molecule has 0 unspecified atom stereocenters. The van der Waals surface area contributed by atoms with Crippen LogP contribution in [0, 0.1) is 20.8 Å². The van der Waals surface area contributed by atoms with Crippen LogP contribution in [0.2, 0.25) is 0 Å². The zero-order valence-corrected chi connectivity index (χ0v) is 39.2. The lowest BCUT2D eigenvalue weighted by molar-refractivity contribution is 1.17. The number of aryl methyl sites for hydroxylation is 3. The van der Waals surface area contributed by atoms with Crippen LogP contribution in [0.15, 0.2) is 206 Å². The van der Waals surface area contributed by atoms with Crippen molar-refractivity contribution in [2.45, 2.75) is 20.8 Å². The second kappa shape index (κ2) is 13.9. The average molecular weight is 889 g/mol. The molecule has 0 bridgehead atoms. The van der Waals surface area contributed by atoms with Crippen LogP contribution in [0.5, 0.6) is 0 Å². The van der Waals surface area contributed by atoms with Crippen LogP contribution in [0.1, 0.15) is 16.7 Å². The first-order chi connectivity index (χ1) is 34.5. The van der Waals surface area contributed by atoms with Crippen LogP contribution in [-0.4, -0.2) is 24.7 Å². The van der Waals surface area contributed by atoms with Crippen molar-refractivity contribution in [3.63, 3.8) is 0 Å². The Morgan fingerprint density at radius 1 is 0.314 bits per heavy atom. The summed E-state index contributed by atoms with van der Waals surface area (Å²) < 4.78 is 2.61. The van der Waals surface area contributed by atoms with E-state index < -0.39 is 0 Å². The Hall–Kier alpha value is -8.41. The maximum absolute atomic E-state index is 2.65. The molecule has 0 amide bonds. The molecule has 11 aromatic rings. The summed E-state index contributed by atoms with van der Waals surface area (Å²) in [6.45, 7) is 6.89. The zero-order chi connectivity index (χ0) is 46.1. The maximum atomic E-state index is 2.65. The number of aromatic nitrogens is 1. The van der Waals surface area contributed by atoms with Crippen LogP contribution in [0.25, 0.3) is 27.5 Å². The molecule has 1 aromatic heterocycles. The van der Waals surface area contributed by atoms with Gasteiger partial charge in [-0.25, -0.2) is 0 Å². The normalized spacial score (nSPS) is 14.0. The molecule has 0 aliphatic carbocycles. The minimum absolute atomic E-state index is 0.0121. The van der Waals surface area contributed by atoms with Gasteiger partial charge in [0.25, 0.3) is 13.4 Å². The number of rotatable bonds is 3. The Morgan fingerprint density at radius 2 is 0.771 bits per heavy atom. The minimum atomic E-state index is -0.0456. The predicted octanol–water partition coefficient (Wildman–Crippen LogP) is 9.23. The molecule has 4 nitrogen and oxygen atoms in total. The van der Waals surface area contributed by atoms with Gasteiger partial charge in [0.05, 0.1) is 5.52 Å². The van der Waals surface area contributed by atoms with Crippen molar-refractivity contribution in [2.75, 3.05) is 14.7 Å². The quantitative estimate of drug-likeness (QED) is 0.165. The molecule has 5 aliphatic heterocycles. The molecule has 0 radical (unpaired) electrons. The average Bonchev–Trinajstić information content (AvgIpc) is 3.74. The molecule has 70 heavy (non-hydrogen) atoms. The van der Waals surface area contributed by atoms with Crippen LogP contribution in [0.4, 0.5) is 51.2 Å². The SMILES string of the molecule is Cc1cc(C)c(B2c3ccccc3N(c3ccccc3)c3cc4c(cc32)B2c3ccccc3N3c5ccccc5B5c6c(cc(c2c63)N4c2ccccc2)-n2c3ccccc3c3cccc5c32)c(C)c1. The van der Waals surface area contributed by atoms with Crippen molar-refractivity contribution >= 4 is 142 Å². The van der Waals surface area contributed by atoms with Crippen molar-refractivity contribution in [2.24, 2.45) is 0 Å². The molecule has 0 N–H and O–H groups in total. The predicted molar refractivity (Wildman–Crippen MR) is 299 cm³/mol. The van der Waals surface area contributed by atoms with Crippen molar-refractivity contribution in [3.05, 3.63) is 223 Å². The molecule has 324 valence electrons. The lowest BCUT2D eigenvalue weighted by Crippen LogP contribution is -2.69. The summed E-state index contributed by atoms with van der Waals surface area (Å²) in [5.41, 5.74) is 31.0. The third-order valence-corrected chi connectivity index (χ3v) is 16.5. The molecule has 0 saturated carbocycles. The molecule has 6 heterocycles. The van der Waals surface area contributed by atoms with Crippen LogP contribution in [0.3, 0.4) is 0 Å². The first-order valence-corrected chi connectivity index (χ1v) is 24.8. The van der Waals surface area contributed by atoms with E-state index >= 15 is 0 Å². The van der Waals surface area contributed by atoms with Gasteiger partial charge in [-0.2, -0.15) is 0 Å². The summed E-state index contributed by atoms with van der Waals surface area (Å²) in [6.07, 6.45) is 0. The summed E-state index contributed by atoms with van der Waals surface area (Å²) in [6, 6.07) is 78.5. The van der Waals surface area contributed by atoms with E-state index in [1.54, 1.807) is 0 Å². The lowest BCUT2D eigenvalue weighted by atomic mass is 9.28. The number of fused-ring (bicyclic) bond motifs is 15. The Kier molecular flexibility index (Phi) is 7.63. The van der Waals surface area contributed by atoms with Gasteiger partial charge in [0.15, 0.2) is 0 Å². The molecule has 7 heteroatoms. The molecular weight excluding hydrogens is 845 g/mol. The fraction of sp³-hybridized carbons (Fsp3) is 0.0476. The first kappa shape index (κ1) is 38.5. The fourth-order valence-corrected chi connectivity index (χ4v) is 14.1. The minimum Gasteiger partial charge on any atom is -0.312 e. The van der Waals surface area contributed by atoms with Crippen LogP contribution < -0.4 is 63.9 Å². The molecule has 5 aliphatic rings. The van der Waals surface area contributed by atoms with Gasteiger partial charge in [-0.05, 0) is 125 Å². The highest BCUT2D eigenvalue weighted by atomic mass is 15.2. The van der Waals surface area contributed by atoms with E-state index in [0.717, 1.165) is 11.4 Å². The molecule has 10 aromatic carbocycles. The van der Waals surface area contributed by atoms with Gasteiger partial charge in [-0.3, -0.25) is 0 Å². The summed E-state index contributed by atoms with van der Waals surface area (Å²) in [5, 5.41) is 2.59. The van der Waals surface area contributed by atoms with E-state index in [0.29, 0.717) is 0 Å². The van der Waals surface area contributed by atoms with Gasteiger partial charge in [0.2, 0.25) is 6.71 Å². The summed E-state index contributed by atoms with van der Waals surface area (Å²) in [7, 11) is 0. The highest BCUT2D eigenvalue weighted by Crippen LogP contribution is 2.49. The van der Waals surface area contributed by atoms with Gasteiger partial charge in [0, 0.05) is 73.2 Å². The van der Waals surface area contributed by atoms with Gasteiger partial charge < -0.3 is 19.3 Å². The van der Waals surface area contributed by atoms with E-state index in [-0.39, 0.29) is 20.1 Å². The fourth-order valence-electron chi connectivity index (χ4n) is 14.1. The zero-order valence-electron chi connectivity index (χ0n) is 39.2. The Morgan fingerprint density at radius 3 is 1.40 bits per heavy atom. The van der Waals surface area contributed by atoms with Crippen LogP contribution >= 0.6 is 0 Å². The van der Waals surface area contributed by atoms with E-state index in [2.05, 4.69) is 246 Å². The summed E-state index contributed by atoms with van der Waals surface area (Å²) in [5.74, 6) is 0. The van der Waals surface area contributed by atoms with Gasteiger partial charge in [-0.1, -0.05) is 168 Å². The molecular formula is C63H43B3N4. The largest absolute Gasteiger partial charge is 0.312 e. The monoisotopic (exact) mass is 888 g/mol. The van der Waals surface area contributed by atoms with Crippen molar-refractivity contribution in [3.8, 4) is 5.69 Å². The summed E-state index contributed by atoms with van der Waals surface area (Å²) >= 11 is 0. The van der Waals surface area contributed by atoms with Gasteiger partial charge >= 0.3 is 0 Å². The molecule has 16 rings (SSSR count). The first-order valence-electron chi connectivity index (χ1n) is 24.8. The standard InChI is InChI=1S/C63H43B3N4/c1-38-33-39(2)59(40(3)34-38)65-45-25-11-15-30-52(45)67(41-19-6-4-7-20-41)55-36-56-50(35-49(55)65)66-47-27-13-17-32-54(47)70-53-31-16-12-26-46(53)64-48-28-18-24-44-43-23-10-14-29-51(43)69(62(44)48)58-37-57(60(66)63(70)61(58)64)68(56)42-21-8-5-9-22-42/h4-37H,1-3H3. The Balaban J connectivity index is 1.08. The number of hydrogen-bond acceptors (Lipinski definition) is 3. The van der Waals surface area contributed by atoms with E-state index in [4.69, 9.17) is 0 Å². The van der Waals surface area contributed by atoms with Crippen molar-refractivity contribution < 1.29 is 0 Å². The second-order valence-electron chi connectivity index (χ2n) is 20.1. The lowest BCUT2D eigenvalue weighted by Gasteiger charge is -2.50. The molecule has 0 saturated heterocycles. The van der Waals surface area contributed by atoms with Crippen molar-refractivity contribution in [1.29, 1.82) is 0 Å². The topological polar surface area (TPSA) is 14.7 Å². The number of hydrogen-bond donors (Lipinski definition) is 0.